The minimum Gasteiger partial charge on any atom is -0.309 e. The highest BCUT2D eigenvalue weighted by Crippen LogP contribution is 2.48. The molecule has 0 aliphatic carbocycles. The van der Waals surface area contributed by atoms with Gasteiger partial charge in [0.25, 0.3) is 0 Å². The second kappa shape index (κ2) is 14.4. The van der Waals surface area contributed by atoms with E-state index in [1.807, 2.05) is 36.4 Å². The predicted molar refractivity (Wildman–Crippen MR) is 267 cm³/mol. The molecule has 0 radical (unpaired) electrons. The molecule has 13 aromatic rings. The Labute approximate surface area is 377 Å². The number of rotatable bonds is 6. The Bertz CT molecular complexity index is 4190. The lowest BCUT2D eigenvalue weighted by atomic mass is 9.97. The predicted octanol–water partition coefficient (Wildman–Crippen LogP) is 16.0. The van der Waals surface area contributed by atoms with Gasteiger partial charge in [0.2, 0.25) is 0 Å². The number of thiophene rings is 2. The van der Waals surface area contributed by atoms with Crippen molar-refractivity contribution in [1.29, 1.82) is 0 Å². The van der Waals surface area contributed by atoms with Crippen LogP contribution >= 0.6 is 22.7 Å². The highest BCUT2D eigenvalue weighted by atomic mass is 32.1. The first-order chi connectivity index (χ1) is 33.3. The molecule has 0 atom stereocenters. The molecular formula is C57H34N4S2. The summed E-state index contributed by atoms with van der Waals surface area (Å²) in [6.07, 6.45) is 0. The summed E-state index contributed by atoms with van der Waals surface area (Å²) in [6.45, 7) is 0. The van der Waals surface area contributed by atoms with Crippen molar-refractivity contribution in [3.63, 3.8) is 0 Å². The number of para-hydroxylation sites is 1. The molecule has 0 spiro atoms. The lowest BCUT2D eigenvalue weighted by Gasteiger charge is -2.13. The molecule has 0 bridgehead atoms. The van der Waals surface area contributed by atoms with Gasteiger partial charge in [-0.05, 0) is 64.7 Å². The summed E-state index contributed by atoms with van der Waals surface area (Å²) in [5, 5.41) is 6.87. The topological polar surface area (TPSA) is 43.6 Å². The number of nitrogens with zero attached hydrogens (tertiary/aromatic N) is 4. The first-order valence-electron chi connectivity index (χ1n) is 23.2. The molecule has 0 fully saturated rings. The van der Waals surface area contributed by atoms with Crippen LogP contribution < -0.4 is 0 Å². The quantitative estimate of drug-likeness (QED) is 0.167. The molecule has 0 saturated carbocycles. The molecule has 6 heteroatoms. The molecule has 0 unspecified atom stereocenters. The zero-order valence-electron chi connectivity index (χ0n) is 38.3. The number of hydrogen-bond acceptors (Lipinski definition) is 5. The highest BCUT2D eigenvalue weighted by molar-refractivity contribution is 7.27. The molecule has 4 aromatic heterocycles. The smallest absolute Gasteiger partial charge is 0.165 e. The minimum absolute atomic E-state index is 0.00692. The molecule has 0 aliphatic rings. The normalized spacial score (nSPS) is 12.9. The minimum atomic E-state index is -0.481. The molecular weight excluding hydrogens is 805 g/mol. The van der Waals surface area contributed by atoms with Gasteiger partial charge in [0.15, 0.2) is 17.5 Å². The van der Waals surface area contributed by atoms with Crippen LogP contribution in [0.3, 0.4) is 0 Å². The van der Waals surface area contributed by atoms with Crippen molar-refractivity contribution in [2.75, 3.05) is 0 Å². The zero-order chi connectivity index (χ0) is 45.8. The van der Waals surface area contributed by atoms with Gasteiger partial charge in [-0.1, -0.05) is 164 Å². The van der Waals surface area contributed by atoms with Gasteiger partial charge >= 0.3 is 0 Å². The van der Waals surface area contributed by atoms with E-state index < -0.39 is 18.1 Å². The van der Waals surface area contributed by atoms with E-state index in [9.17, 15) is 0 Å². The van der Waals surface area contributed by atoms with Crippen molar-refractivity contribution in [2.24, 2.45) is 0 Å². The largest absolute Gasteiger partial charge is 0.309 e. The van der Waals surface area contributed by atoms with E-state index in [2.05, 4.69) is 144 Å². The maximum atomic E-state index is 9.01. The second-order valence-corrected chi connectivity index (χ2v) is 17.7. The van der Waals surface area contributed by atoms with Gasteiger partial charge in [0.05, 0.1) is 17.9 Å². The SMILES string of the molecule is [2H]c1c([2H])c([2H])c(-c2nc(-c3ccccc3)nc(-c3cc(-n4c5ccccc5c5c6c(ccc54)sc4ccccc46)cc4c3sc3c(-c5cccc(-c6ccccc6)c5)cccc34)n2)c([2H])c1[2H]. The summed E-state index contributed by atoms with van der Waals surface area (Å²) in [7, 11) is 0. The Balaban J connectivity index is 1.14. The van der Waals surface area contributed by atoms with Gasteiger partial charge in [-0.15, -0.1) is 22.7 Å². The molecule has 0 saturated heterocycles. The molecule has 0 amide bonds. The summed E-state index contributed by atoms with van der Waals surface area (Å²) in [5.41, 5.74) is 8.81. The van der Waals surface area contributed by atoms with Crippen molar-refractivity contribution in [2.45, 2.75) is 0 Å². The van der Waals surface area contributed by atoms with Crippen molar-refractivity contribution >= 4 is 84.8 Å². The molecule has 0 aliphatic heterocycles. The molecule has 0 N–H and O–H groups in total. The first kappa shape index (κ1) is 31.1. The van der Waals surface area contributed by atoms with E-state index in [4.69, 9.17) is 21.8 Å². The third-order valence-corrected chi connectivity index (χ3v) is 14.4. The average molecular weight is 844 g/mol. The number of aromatic nitrogens is 4. The van der Waals surface area contributed by atoms with E-state index in [1.165, 1.54) is 25.6 Å². The summed E-state index contributed by atoms with van der Waals surface area (Å²) < 4.78 is 50.4. The Hall–Kier alpha value is -7.77. The number of hydrogen-bond donors (Lipinski definition) is 0. The second-order valence-electron chi connectivity index (χ2n) is 15.6. The van der Waals surface area contributed by atoms with E-state index in [0.717, 1.165) is 70.1 Å². The van der Waals surface area contributed by atoms with Crippen LogP contribution in [0.15, 0.2) is 206 Å². The van der Waals surface area contributed by atoms with Crippen molar-refractivity contribution in [3.05, 3.63) is 206 Å². The van der Waals surface area contributed by atoms with Crippen molar-refractivity contribution in [1.82, 2.24) is 19.5 Å². The fraction of sp³-hybridized carbons (Fsp3) is 0. The van der Waals surface area contributed by atoms with Crippen LogP contribution in [0.5, 0.6) is 0 Å². The maximum absolute atomic E-state index is 9.01. The molecule has 63 heavy (non-hydrogen) atoms. The Morgan fingerprint density at radius 3 is 1.87 bits per heavy atom. The van der Waals surface area contributed by atoms with Gasteiger partial charge in [0.1, 0.15) is 0 Å². The molecule has 13 rings (SSSR count). The molecule has 9 aromatic carbocycles. The Kier molecular flexibility index (Phi) is 7.13. The summed E-state index contributed by atoms with van der Waals surface area (Å²) in [5.74, 6) is 0.630. The van der Waals surface area contributed by atoms with Crippen LogP contribution in [0.2, 0.25) is 0 Å². The third kappa shape index (κ3) is 5.83. The third-order valence-electron chi connectivity index (χ3n) is 11.9. The maximum Gasteiger partial charge on any atom is 0.165 e. The van der Waals surface area contributed by atoms with Gasteiger partial charge in [-0.3, -0.25) is 0 Å². The van der Waals surface area contributed by atoms with E-state index in [1.54, 1.807) is 22.7 Å². The van der Waals surface area contributed by atoms with E-state index >= 15 is 0 Å². The van der Waals surface area contributed by atoms with Crippen LogP contribution in [0.25, 0.3) is 124 Å². The molecule has 4 heterocycles. The summed E-state index contributed by atoms with van der Waals surface area (Å²) >= 11 is 3.48. The zero-order valence-corrected chi connectivity index (χ0v) is 35.0. The van der Waals surface area contributed by atoms with Gasteiger partial charge in [0, 0.05) is 73.5 Å². The van der Waals surface area contributed by atoms with Crippen LogP contribution in [-0.4, -0.2) is 19.5 Å². The van der Waals surface area contributed by atoms with E-state index in [0.29, 0.717) is 17.2 Å². The van der Waals surface area contributed by atoms with E-state index in [-0.39, 0.29) is 23.5 Å². The lowest BCUT2D eigenvalue weighted by Crippen LogP contribution is -2.01. The molecule has 4 nitrogen and oxygen atoms in total. The summed E-state index contributed by atoms with van der Waals surface area (Å²) in [6, 6.07) is 59.0. The summed E-state index contributed by atoms with van der Waals surface area (Å²) in [4.78, 5) is 15.2. The number of benzene rings is 9. The number of fused-ring (bicyclic) bond motifs is 10. The van der Waals surface area contributed by atoms with Gasteiger partial charge in [-0.25, -0.2) is 15.0 Å². The fourth-order valence-electron chi connectivity index (χ4n) is 9.14. The first-order valence-corrected chi connectivity index (χ1v) is 22.3. The fourth-order valence-corrected chi connectivity index (χ4v) is 11.6. The lowest BCUT2D eigenvalue weighted by molar-refractivity contribution is 1.07. The molecule has 294 valence electrons. The Morgan fingerprint density at radius 2 is 1.03 bits per heavy atom. The monoisotopic (exact) mass is 843 g/mol. The Morgan fingerprint density at radius 1 is 0.381 bits per heavy atom. The van der Waals surface area contributed by atoms with Crippen molar-refractivity contribution in [3.8, 4) is 62.1 Å². The van der Waals surface area contributed by atoms with Crippen LogP contribution in [0.1, 0.15) is 6.85 Å². The van der Waals surface area contributed by atoms with Gasteiger partial charge in [-0.2, -0.15) is 0 Å². The van der Waals surface area contributed by atoms with Crippen LogP contribution in [0, 0.1) is 0 Å². The van der Waals surface area contributed by atoms with Crippen molar-refractivity contribution < 1.29 is 6.85 Å². The van der Waals surface area contributed by atoms with Crippen LogP contribution in [-0.2, 0) is 0 Å². The van der Waals surface area contributed by atoms with Gasteiger partial charge < -0.3 is 4.57 Å². The average Bonchev–Trinajstić information content (AvgIpc) is 4.07. The highest BCUT2D eigenvalue weighted by Gasteiger charge is 2.23. The van der Waals surface area contributed by atoms with Crippen LogP contribution in [0.4, 0.5) is 0 Å². The standard InChI is InChI=1S/C57H34N4S2/c1-4-16-35(17-5-1)38-22-14-23-39(32-38)41-26-15-27-42-45-33-40(61-47-28-12-10-24-43(47)51-48(61)30-31-50-52(51)44-25-11-13-29-49(44)62-50)34-46(54(45)63-53(41)42)57-59-55(36-18-6-2-7-19-36)58-56(60-57)37-20-8-3-9-21-37/h1-34H/i2D,6D,7D,18D,19D.